The monoisotopic (exact) mass is 359 g/mol. The molecule has 0 aliphatic carbocycles. The summed E-state index contributed by atoms with van der Waals surface area (Å²) in [5.74, 6) is -0.479. The van der Waals surface area contributed by atoms with Crippen molar-refractivity contribution in [2.75, 3.05) is 13.7 Å². The van der Waals surface area contributed by atoms with Crippen LogP contribution in [0.1, 0.15) is 54.6 Å². The number of benzene rings is 1. The molecule has 26 heavy (non-hydrogen) atoms. The highest BCUT2D eigenvalue weighted by Gasteiger charge is 2.21. The van der Waals surface area contributed by atoms with Crippen molar-refractivity contribution in [3.05, 3.63) is 59.2 Å². The zero-order valence-corrected chi connectivity index (χ0v) is 16.1. The standard InChI is InChI=1S/C21H29NO4/c1-13(2)15(5)10-20(24)22-16(12-23)11-19-17(14(3)4)8-7-9-18(19)21(25)26-6/h7-9,14,16,23H,1,5,10-12H2,2-4,6H3,(H,22,24). The van der Waals surface area contributed by atoms with Gasteiger partial charge in [0.1, 0.15) is 0 Å². The van der Waals surface area contributed by atoms with Crippen molar-refractivity contribution in [1.82, 2.24) is 5.32 Å². The van der Waals surface area contributed by atoms with Gasteiger partial charge >= 0.3 is 5.97 Å². The molecule has 1 amide bonds. The fraction of sp³-hybridized carbons (Fsp3) is 0.429. The molecule has 1 aromatic carbocycles. The van der Waals surface area contributed by atoms with Gasteiger partial charge in [0, 0.05) is 0 Å². The summed E-state index contributed by atoms with van der Waals surface area (Å²) < 4.78 is 4.88. The highest BCUT2D eigenvalue weighted by Crippen LogP contribution is 2.25. The van der Waals surface area contributed by atoms with E-state index in [4.69, 9.17) is 4.74 Å². The topological polar surface area (TPSA) is 75.6 Å². The van der Waals surface area contributed by atoms with E-state index < -0.39 is 12.0 Å². The van der Waals surface area contributed by atoms with Crippen LogP contribution in [0.3, 0.4) is 0 Å². The average molecular weight is 359 g/mol. The van der Waals surface area contributed by atoms with E-state index in [0.717, 1.165) is 16.7 Å². The molecule has 0 heterocycles. The lowest BCUT2D eigenvalue weighted by Crippen LogP contribution is -2.39. The summed E-state index contributed by atoms with van der Waals surface area (Å²) in [4.78, 5) is 24.3. The highest BCUT2D eigenvalue weighted by atomic mass is 16.5. The first-order valence-electron chi connectivity index (χ1n) is 8.65. The van der Waals surface area contributed by atoms with Crippen molar-refractivity contribution in [3.63, 3.8) is 0 Å². The molecule has 0 aromatic heterocycles. The number of carbonyl (C=O) groups excluding carboxylic acids is 2. The molecule has 1 rings (SSSR count). The molecule has 2 N–H and O–H groups in total. The van der Waals surface area contributed by atoms with Crippen LogP contribution in [0.5, 0.6) is 0 Å². The fourth-order valence-corrected chi connectivity index (χ4v) is 2.71. The number of ether oxygens (including phenoxy) is 1. The summed E-state index contributed by atoms with van der Waals surface area (Å²) in [5, 5.41) is 12.5. The van der Waals surface area contributed by atoms with Gasteiger partial charge in [0.15, 0.2) is 0 Å². The van der Waals surface area contributed by atoms with Crippen LogP contribution in [-0.2, 0) is 16.0 Å². The van der Waals surface area contributed by atoms with E-state index in [1.807, 2.05) is 26.0 Å². The largest absolute Gasteiger partial charge is 0.465 e. The summed E-state index contributed by atoms with van der Waals surface area (Å²) >= 11 is 0. The summed E-state index contributed by atoms with van der Waals surface area (Å²) in [6.45, 7) is 13.2. The number of methoxy groups -OCH3 is 1. The Morgan fingerprint density at radius 2 is 1.92 bits per heavy atom. The van der Waals surface area contributed by atoms with Gasteiger partial charge in [-0.2, -0.15) is 0 Å². The highest BCUT2D eigenvalue weighted by molar-refractivity contribution is 5.91. The SMILES string of the molecule is C=C(C)C(=C)CC(=O)NC(CO)Cc1c(C(=O)OC)cccc1C(C)C. The Bertz CT molecular complexity index is 691. The third kappa shape index (κ3) is 5.85. The molecule has 0 spiro atoms. The van der Waals surface area contributed by atoms with E-state index in [-0.39, 0.29) is 24.9 Å². The van der Waals surface area contributed by atoms with Gasteiger partial charge in [-0.15, -0.1) is 0 Å². The molecule has 0 aliphatic rings. The first-order valence-corrected chi connectivity index (χ1v) is 8.65. The molecule has 0 radical (unpaired) electrons. The third-order valence-corrected chi connectivity index (χ3v) is 4.25. The van der Waals surface area contributed by atoms with E-state index in [1.54, 1.807) is 13.0 Å². The quantitative estimate of drug-likeness (QED) is 0.525. The number of rotatable bonds is 9. The number of aliphatic hydroxyl groups is 1. The number of aliphatic hydroxyl groups excluding tert-OH is 1. The van der Waals surface area contributed by atoms with Crippen molar-refractivity contribution in [2.45, 2.75) is 45.6 Å². The van der Waals surface area contributed by atoms with Gasteiger partial charge in [0.05, 0.1) is 31.7 Å². The number of nitrogens with one attached hydrogen (secondary N) is 1. The van der Waals surface area contributed by atoms with Crippen LogP contribution in [0.15, 0.2) is 42.5 Å². The van der Waals surface area contributed by atoms with Crippen LogP contribution >= 0.6 is 0 Å². The zero-order valence-electron chi connectivity index (χ0n) is 16.1. The average Bonchev–Trinajstić information content (AvgIpc) is 2.59. The lowest BCUT2D eigenvalue weighted by molar-refractivity contribution is -0.121. The van der Waals surface area contributed by atoms with Crippen molar-refractivity contribution in [2.24, 2.45) is 0 Å². The number of hydrogen-bond acceptors (Lipinski definition) is 4. The second kappa shape index (κ2) is 9.92. The van der Waals surface area contributed by atoms with E-state index >= 15 is 0 Å². The van der Waals surface area contributed by atoms with E-state index in [2.05, 4.69) is 18.5 Å². The number of allylic oxidation sites excluding steroid dienone is 1. The van der Waals surface area contributed by atoms with Gasteiger partial charge in [-0.05, 0) is 42.0 Å². The summed E-state index contributed by atoms with van der Waals surface area (Å²) in [7, 11) is 1.34. The zero-order chi connectivity index (χ0) is 19.9. The first kappa shape index (κ1) is 21.6. The molecule has 1 unspecified atom stereocenters. The van der Waals surface area contributed by atoms with Crippen LogP contribution in [0.2, 0.25) is 0 Å². The predicted octanol–water partition coefficient (Wildman–Crippen LogP) is 3.14. The van der Waals surface area contributed by atoms with E-state index in [0.29, 0.717) is 17.6 Å². The van der Waals surface area contributed by atoms with Crippen LogP contribution in [0.25, 0.3) is 0 Å². The Hall–Kier alpha value is -2.40. The minimum atomic E-state index is -0.510. The van der Waals surface area contributed by atoms with Crippen molar-refractivity contribution < 1.29 is 19.4 Å². The molecule has 0 saturated carbocycles. The van der Waals surface area contributed by atoms with Gasteiger partial charge in [-0.3, -0.25) is 4.79 Å². The Kier molecular flexibility index (Phi) is 8.26. The number of esters is 1. The number of carbonyl (C=O) groups is 2. The van der Waals surface area contributed by atoms with Crippen molar-refractivity contribution in [1.29, 1.82) is 0 Å². The Morgan fingerprint density at radius 1 is 1.27 bits per heavy atom. The summed E-state index contributed by atoms with van der Waals surface area (Å²) in [5.41, 5.74) is 3.63. The van der Waals surface area contributed by atoms with Crippen molar-refractivity contribution in [3.8, 4) is 0 Å². The molecule has 0 bridgehead atoms. The Balaban J connectivity index is 3.06. The Morgan fingerprint density at radius 3 is 2.42 bits per heavy atom. The van der Waals surface area contributed by atoms with Crippen LogP contribution in [-0.4, -0.2) is 36.7 Å². The smallest absolute Gasteiger partial charge is 0.338 e. The summed E-state index contributed by atoms with van der Waals surface area (Å²) in [6.07, 6.45) is 0.460. The molecule has 0 aliphatic heterocycles. The molecule has 1 atom stereocenters. The minimum Gasteiger partial charge on any atom is -0.465 e. The molecular weight excluding hydrogens is 330 g/mol. The lowest BCUT2D eigenvalue weighted by atomic mass is 9.89. The molecule has 0 fully saturated rings. The molecule has 1 aromatic rings. The molecule has 5 nitrogen and oxygen atoms in total. The van der Waals surface area contributed by atoms with Crippen molar-refractivity contribution >= 4 is 11.9 Å². The van der Waals surface area contributed by atoms with Gasteiger partial charge in [-0.25, -0.2) is 4.79 Å². The number of hydrogen-bond donors (Lipinski definition) is 2. The van der Waals surface area contributed by atoms with Gasteiger partial charge in [0.25, 0.3) is 0 Å². The fourth-order valence-electron chi connectivity index (χ4n) is 2.71. The first-order chi connectivity index (χ1) is 12.2. The predicted molar refractivity (Wildman–Crippen MR) is 103 cm³/mol. The Labute approximate surface area is 155 Å². The minimum absolute atomic E-state index is 0.127. The van der Waals surface area contributed by atoms with Crippen LogP contribution < -0.4 is 5.32 Å². The van der Waals surface area contributed by atoms with Gasteiger partial charge < -0.3 is 15.2 Å². The van der Waals surface area contributed by atoms with E-state index in [9.17, 15) is 14.7 Å². The van der Waals surface area contributed by atoms with Gasteiger partial charge in [-0.1, -0.05) is 44.7 Å². The second-order valence-corrected chi connectivity index (χ2v) is 6.73. The maximum absolute atomic E-state index is 12.2. The second-order valence-electron chi connectivity index (χ2n) is 6.73. The van der Waals surface area contributed by atoms with Crippen LogP contribution in [0, 0.1) is 0 Å². The third-order valence-electron chi connectivity index (χ3n) is 4.25. The molecule has 142 valence electrons. The molecule has 0 saturated heterocycles. The lowest BCUT2D eigenvalue weighted by Gasteiger charge is -2.22. The van der Waals surface area contributed by atoms with Gasteiger partial charge in [0.2, 0.25) is 5.91 Å². The normalized spacial score (nSPS) is 11.8. The van der Waals surface area contributed by atoms with Crippen LogP contribution in [0.4, 0.5) is 0 Å². The molecule has 5 heteroatoms. The van der Waals surface area contributed by atoms with E-state index in [1.165, 1.54) is 7.11 Å². The maximum Gasteiger partial charge on any atom is 0.338 e. The maximum atomic E-state index is 12.2. The molecular formula is C21H29NO4. The number of amides is 1. The summed E-state index contributed by atoms with van der Waals surface area (Å²) in [6, 6.07) is 4.95.